The minimum atomic E-state index is -0.999. The number of aromatic hydroxyl groups is 1. The van der Waals surface area contributed by atoms with Gasteiger partial charge in [-0.1, -0.05) is 0 Å². The molecule has 27 heavy (non-hydrogen) atoms. The Bertz CT molecular complexity index is 866. The molecule has 2 N–H and O–H groups in total. The van der Waals surface area contributed by atoms with Gasteiger partial charge in [0, 0.05) is 29.0 Å². The molecule has 2 fully saturated rings. The number of amides is 1. The lowest BCUT2D eigenvalue weighted by Crippen LogP contribution is -2.39. The molecule has 2 aliphatic heterocycles. The number of hydrogen-bond acceptors (Lipinski definition) is 4. The minimum absolute atomic E-state index is 0.0226. The lowest BCUT2D eigenvalue weighted by molar-refractivity contribution is 0.102. The van der Waals surface area contributed by atoms with Gasteiger partial charge in [-0.25, -0.2) is 4.39 Å². The molecule has 2 heterocycles. The van der Waals surface area contributed by atoms with Crippen LogP contribution in [0.5, 0.6) is 5.75 Å². The first-order valence-electron chi connectivity index (χ1n) is 9.24. The Morgan fingerprint density at radius 1 is 1.11 bits per heavy atom. The van der Waals surface area contributed by atoms with Crippen molar-refractivity contribution in [2.45, 2.75) is 44.2 Å². The smallest absolute Gasteiger partial charge is 0.255 e. The number of benzene rings is 2. The number of nitrogens with zero attached hydrogens (tertiary/aromatic N) is 1. The monoisotopic (exact) mass is 368 g/mol. The van der Waals surface area contributed by atoms with E-state index in [1.807, 2.05) is 24.3 Å². The predicted molar refractivity (Wildman–Crippen MR) is 101 cm³/mol. The van der Waals surface area contributed by atoms with Crippen LogP contribution in [-0.4, -0.2) is 29.4 Å². The fourth-order valence-electron chi connectivity index (χ4n) is 4.30. The van der Waals surface area contributed by atoms with Crippen molar-refractivity contribution in [1.29, 1.82) is 0 Å². The molecule has 0 unspecified atom stereocenters. The van der Waals surface area contributed by atoms with E-state index in [9.17, 15) is 19.1 Å². The van der Waals surface area contributed by atoms with Crippen molar-refractivity contribution < 1.29 is 19.1 Å². The van der Waals surface area contributed by atoms with E-state index in [1.165, 1.54) is 43.9 Å². The Kier molecular flexibility index (Phi) is 4.56. The number of aldehydes is 1. The first-order valence-corrected chi connectivity index (χ1v) is 9.24. The summed E-state index contributed by atoms with van der Waals surface area (Å²) in [5.74, 6) is -2.29. The van der Waals surface area contributed by atoms with Crippen LogP contribution in [0, 0.1) is 5.82 Å². The summed E-state index contributed by atoms with van der Waals surface area (Å²) in [7, 11) is 0. The summed E-state index contributed by atoms with van der Waals surface area (Å²) in [4.78, 5) is 25.8. The first kappa shape index (κ1) is 17.5. The van der Waals surface area contributed by atoms with Gasteiger partial charge in [0.15, 0.2) is 17.9 Å². The first-order chi connectivity index (χ1) is 13.1. The summed E-state index contributed by atoms with van der Waals surface area (Å²) < 4.78 is 13.7. The molecule has 2 aromatic rings. The molecular weight excluding hydrogens is 347 g/mol. The van der Waals surface area contributed by atoms with Crippen LogP contribution in [0.3, 0.4) is 0 Å². The fourth-order valence-corrected chi connectivity index (χ4v) is 4.30. The van der Waals surface area contributed by atoms with E-state index in [0.29, 0.717) is 24.1 Å². The number of anilines is 2. The Morgan fingerprint density at radius 3 is 2.41 bits per heavy atom. The molecule has 140 valence electrons. The van der Waals surface area contributed by atoms with Crippen LogP contribution >= 0.6 is 0 Å². The molecule has 0 radical (unpaired) electrons. The van der Waals surface area contributed by atoms with Gasteiger partial charge in [0.25, 0.3) is 5.91 Å². The molecule has 0 aliphatic carbocycles. The molecule has 0 spiro atoms. The number of carbonyl (C=O) groups is 2. The maximum absolute atomic E-state index is 13.7. The maximum Gasteiger partial charge on any atom is 0.255 e. The van der Waals surface area contributed by atoms with E-state index in [2.05, 4.69) is 10.2 Å². The van der Waals surface area contributed by atoms with E-state index in [4.69, 9.17) is 0 Å². The van der Waals surface area contributed by atoms with Gasteiger partial charge in [-0.15, -0.1) is 0 Å². The molecule has 0 aromatic heterocycles. The van der Waals surface area contributed by atoms with Crippen LogP contribution in [0.15, 0.2) is 36.4 Å². The average molecular weight is 368 g/mol. The second-order valence-corrected chi connectivity index (χ2v) is 7.24. The van der Waals surface area contributed by atoms with Gasteiger partial charge in [0.05, 0.1) is 5.56 Å². The highest BCUT2D eigenvalue weighted by Crippen LogP contribution is 2.39. The van der Waals surface area contributed by atoms with Crippen molar-refractivity contribution in [2.75, 3.05) is 10.2 Å². The second-order valence-electron chi connectivity index (χ2n) is 7.24. The van der Waals surface area contributed by atoms with Gasteiger partial charge in [-0.2, -0.15) is 0 Å². The van der Waals surface area contributed by atoms with E-state index < -0.39 is 17.5 Å². The summed E-state index contributed by atoms with van der Waals surface area (Å²) in [5.41, 5.74) is 1.48. The predicted octanol–water partition coefficient (Wildman–Crippen LogP) is 4.12. The van der Waals surface area contributed by atoms with E-state index in [-0.39, 0.29) is 11.1 Å². The van der Waals surface area contributed by atoms with E-state index >= 15 is 0 Å². The maximum atomic E-state index is 13.7. The zero-order chi connectivity index (χ0) is 19.0. The topological polar surface area (TPSA) is 69.6 Å². The number of phenolic OH excluding ortho intramolecular Hbond substituents is 1. The van der Waals surface area contributed by atoms with Gasteiger partial charge >= 0.3 is 0 Å². The molecule has 2 aromatic carbocycles. The summed E-state index contributed by atoms with van der Waals surface area (Å²) in [6.45, 7) is 0. The van der Waals surface area contributed by atoms with Crippen molar-refractivity contribution in [3.05, 3.63) is 53.3 Å². The highest BCUT2D eigenvalue weighted by Gasteiger charge is 2.36. The van der Waals surface area contributed by atoms with Gasteiger partial charge in [0.2, 0.25) is 0 Å². The van der Waals surface area contributed by atoms with Crippen LogP contribution in [0.4, 0.5) is 15.8 Å². The minimum Gasteiger partial charge on any atom is -0.504 e. The third kappa shape index (κ3) is 3.27. The Balaban J connectivity index is 1.50. The Morgan fingerprint density at radius 2 is 1.78 bits per heavy atom. The third-order valence-corrected chi connectivity index (χ3v) is 5.60. The van der Waals surface area contributed by atoms with Crippen molar-refractivity contribution in [2.24, 2.45) is 0 Å². The summed E-state index contributed by atoms with van der Waals surface area (Å²) in [6.07, 6.45) is 6.58. The molecule has 2 saturated heterocycles. The largest absolute Gasteiger partial charge is 0.504 e. The normalized spacial score (nSPS) is 21.1. The van der Waals surface area contributed by atoms with Gasteiger partial charge in [-0.3, -0.25) is 9.59 Å². The Hall–Kier alpha value is -2.89. The zero-order valence-corrected chi connectivity index (χ0v) is 14.8. The number of carbonyl (C=O) groups excluding carboxylic acids is 2. The van der Waals surface area contributed by atoms with E-state index in [1.54, 1.807) is 0 Å². The quantitative estimate of drug-likeness (QED) is 0.797. The lowest BCUT2D eigenvalue weighted by Gasteiger charge is -2.36. The molecule has 2 aliphatic rings. The van der Waals surface area contributed by atoms with Crippen LogP contribution in [-0.2, 0) is 0 Å². The molecule has 0 saturated carbocycles. The van der Waals surface area contributed by atoms with E-state index in [0.717, 1.165) is 6.07 Å². The highest BCUT2D eigenvalue weighted by atomic mass is 19.1. The number of fused-ring (bicyclic) bond motifs is 2. The summed E-state index contributed by atoms with van der Waals surface area (Å²) in [6, 6.07) is 11.0. The number of hydrogen-bond donors (Lipinski definition) is 2. The van der Waals surface area contributed by atoms with Gasteiger partial charge < -0.3 is 15.3 Å². The van der Waals surface area contributed by atoms with Crippen molar-refractivity contribution >= 4 is 23.6 Å². The number of phenols is 1. The third-order valence-electron chi connectivity index (χ3n) is 5.60. The lowest BCUT2D eigenvalue weighted by atomic mass is 10.0. The fraction of sp³-hybridized carbons (Fsp3) is 0.333. The Labute approximate surface area is 156 Å². The van der Waals surface area contributed by atoms with Crippen LogP contribution in [0.2, 0.25) is 0 Å². The van der Waals surface area contributed by atoms with Crippen molar-refractivity contribution in [1.82, 2.24) is 0 Å². The molecule has 4 rings (SSSR count). The second kappa shape index (κ2) is 7.02. The van der Waals surface area contributed by atoms with Crippen LogP contribution in [0.1, 0.15) is 52.8 Å². The summed E-state index contributed by atoms with van der Waals surface area (Å²) in [5, 5.41) is 12.2. The van der Waals surface area contributed by atoms with Gasteiger partial charge in [0.1, 0.15) is 0 Å². The van der Waals surface area contributed by atoms with Gasteiger partial charge in [-0.05, 0) is 68.5 Å². The van der Waals surface area contributed by atoms with Crippen LogP contribution in [0.25, 0.3) is 0 Å². The SMILES string of the molecule is O=Cc1cc(C(=O)Nc2ccc(N3[C@@H]4CCC[C@H]3CC4)cc2)cc(F)c1O. The number of nitrogens with one attached hydrogen (secondary N) is 1. The number of piperidine rings is 1. The van der Waals surface area contributed by atoms with Crippen LogP contribution < -0.4 is 10.2 Å². The zero-order valence-electron chi connectivity index (χ0n) is 14.8. The van der Waals surface area contributed by atoms with Crippen molar-refractivity contribution in [3.63, 3.8) is 0 Å². The number of halogens is 1. The molecule has 5 nitrogen and oxygen atoms in total. The molecule has 2 bridgehead atoms. The molecule has 2 atom stereocenters. The standard InChI is InChI=1S/C21H21FN2O3/c22-19-11-13(10-14(12-25)20(19)26)21(27)23-15-4-6-18(7-5-15)24-16-2-1-3-17(24)9-8-16/h4-7,10-12,16-17,26H,1-3,8-9H2,(H,23,27)/t16-,17+. The summed E-state index contributed by atoms with van der Waals surface area (Å²) >= 11 is 0. The number of rotatable bonds is 4. The van der Waals surface area contributed by atoms with Crippen molar-refractivity contribution in [3.8, 4) is 5.75 Å². The molecule has 1 amide bonds. The average Bonchev–Trinajstić information content (AvgIpc) is 2.92. The highest BCUT2D eigenvalue weighted by molar-refractivity contribution is 6.05. The molecular formula is C21H21FN2O3. The molecule has 6 heteroatoms.